The molecule has 1 aliphatic carbocycles. The molecule has 2 unspecified atom stereocenters. The Hall–Kier alpha value is -1.16. The van der Waals surface area contributed by atoms with Gasteiger partial charge in [-0.15, -0.1) is 0 Å². The first-order chi connectivity index (χ1) is 8.19. The van der Waals surface area contributed by atoms with Crippen molar-refractivity contribution in [3.05, 3.63) is 17.5 Å². The predicted molar refractivity (Wildman–Crippen MR) is 66.7 cm³/mol. The maximum absolute atomic E-state index is 5.91. The summed E-state index contributed by atoms with van der Waals surface area (Å²) < 4.78 is 5.91. The van der Waals surface area contributed by atoms with E-state index in [1.165, 1.54) is 19.3 Å². The zero-order valence-electron chi connectivity index (χ0n) is 10.6. The van der Waals surface area contributed by atoms with Crippen LogP contribution in [0.4, 0.5) is 0 Å². The third-order valence-corrected chi connectivity index (χ3v) is 3.39. The lowest BCUT2D eigenvalue weighted by atomic mass is 9.88. The van der Waals surface area contributed by atoms with Crippen molar-refractivity contribution in [3.8, 4) is 6.01 Å². The maximum atomic E-state index is 5.91. The second-order valence-corrected chi connectivity index (χ2v) is 4.91. The summed E-state index contributed by atoms with van der Waals surface area (Å²) in [5.41, 5.74) is 7.36. The van der Waals surface area contributed by atoms with Crippen molar-refractivity contribution >= 4 is 0 Å². The van der Waals surface area contributed by atoms with Crippen molar-refractivity contribution < 1.29 is 4.74 Å². The summed E-state index contributed by atoms with van der Waals surface area (Å²) in [5.74, 6) is 0.592. The normalized spacial score (nSPS) is 24.6. The zero-order chi connectivity index (χ0) is 12.3. The molecule has 0 aromatic carbocycles. The van der Waals surface area contributed by atoms with E-state index in [2.05, 4.69) is 16.9 Å². The first-order valence-corrected chi connectivity index (χ1v) is 6.40. The van der Waals surface area contributed by atoms with E-state index >= 15 is 0 Å². The first kappa shape index (κ1) is 12.3. The van der Waals surface area contributed by atoms with Crippen LogP contribution < -0.4 is 10.5 Å². The van der Waals surface area contributed by atoms with Crippen LogP contribution >= 0.6 is 0 Å². The summed E-state index contributed by atoms with van der Waals surface area (Å²) in [6, 6.07) is 2.39. The lowest BCUT2D eigenvalue weighted by molar-refractivity contribution is 0.0918. The van der Waals surface area contributed by atoms with Crippen molar-refractivity contribution in [3.63, 3.8) is 0 Å². The standard InChI is InChI=1S/C13H21N3O/c1-9-5-3-4-6-12(9)17-13-15-10(2)7-11(8-14)16-13/h7,9,12H,3-6,8,14H2,1-2H3. The highest BCUT2D eigenvalue weighted by atomic mass is 16.5. The minimum Gasteiger partial charge on any atom is -0.460 e. The van der Waals surface area contributed by atoms with E-state index in [1.54, 1.807) is 0 Å². The molecular formula is C13H21N3O. The fourth-order valence-electron chi connectivity index (χ4n) is 2.35. The monoisotopic (exact) mass is 235 g/mol. The Morgan fingerprint density at radius 2 is 2.12 bits per heavy atom. The van der Waals surface area contributed by atoms with Gasteiger partial charge < -0.3 is 10.5 Å². The zero-order valence-corrected chi connectivity index (χ0v) is 10.6. The van der Waals surface area contributed by atoms with Gasteiger partial charge in [-0.25, -0.2) is 4.98 Å². The van der Waals surface area contributed by atoms with Crippen LogP contribution in [0.5, 0.6) is 6.01 Å². The van der Waals surface area contributed by atoms with Crippen molar-refractivity contribution in [1.29, 1.82) is 0 Å². The minimum atomic E-state index is 0.260. The van der Waals surface area contributed by atoms with E-state index < -0.39 is 0 Å². The van der Waals surface area contributed by atoms with E-state index in [9.17, 15) is 0 Å². The molecule has 0 radical (unpaired) electrons. The van der Waals surface area contributed by atoms with Gasteiger partial charge in [0.2, 0.25) is 0 Å². The summed E-state index contributed by atoms with van der Waals surface area (Å²) >= 11 is 0. The Kier molecular flexibility index (Phi) is 3.94. The fraction of sp³-hybridized carbons (Fsp3) is 0.692. The topological polar surface area (TPSA) is 61.0 Å². The highest BCUT2D eigenvalue weighted by molar-refractivity contribution is 5.12. The van der Waals surface area contributed by atoms with Gasteiger partial charge in [-0.05, 0) is 38.2 Å². The molecule has 1 fully saturated rings. The molecule has 0 spiro atoms. The van der Waals surface area contributed by atoms with Crippen LogP contribution in [0.15, 0.2) is 6.07 Å². The average molecular weight is 235 g/mol. The van der Waals surface area contributed by atoms with Gasteiger partial charge in [0, 0.05) is 12.2 Å². The lowest BCUT2D eigenvalue weighted by Gasteiger charge is -2.28. The quantitative estimate of drug-likeness (QED) is 0.872. The highest BCUT2D eigenvalue weighted by Gasteiger charge is 2.23. The van der Waals surface area contributed by atoms with Crippen LogP contribution in [0, 0.1) is 12.8 Å². The fourth-order valence-corrected chi connectivity index (χ4v) is 2.35. The van der Waals surface area contributed by atoms with Crippen molar-refractivity contribution in [2.24, 2.45) is 11.7 Å². The van der Waals surface area contributed by atoms with Crippen LogP contribution in [0.25, 0.3) is 0 Å². The number of rotatable bonds is 3. The van der Waals surface area contributed by atoms with Gasteiger partial charge in [0.05, 0.1) is 5.69 Å². The number of aromatic nitrogens is 2. The molecule has 1 aromatic rings. The molecule has 17 heavy (non-hydrogen) atoms. The Balaban J connectivity index is 2.09. The molecule has 0 saturated heterocycles. The van der Waals surface area contributed by atoms with E-state index in [0.29, 0.717) is 18.5 Å². The minimum absolute atomic E-state index is 0.260. The van der Waals surface area contributed by atoms with Crippen LogP contribution in [0.2, 0.25) is 0 Å². The van der Waals surface area contributed by atoms with Gasteiger partial charge >= 0.3 is 6.01 Å². The van der Waals surface area contributed by atoms with Crippen molar-refractivity contribution in [2.45, 2.75) is 52.2 Å². The molecule has 2 rings (SSSR count). The number of nitrogens with zero attached hydrogens (tertiary/aromatic N) is 2. The van der Waals surface area contributed by atoms with Crippen LogP contribution in [-0.2, 0) is 6.54 Å². The molecular weight excluding hydrogens is 214 g/mol. The van der Waals surface area contributed by atoms with E-state index in [0.717, 1.165) is 17.8 Å². The summed E-state index contributed by atoms with van der Waals surface area (Å²) in [4.78, 5) is 8.64. The SMILES string of the molecule is Cc1cc(CN)nc(OC2CCCCC2C)n1. The number of hydrogen-bond donors (Lipinski definition) is 1. The van der Waals surface area contributed by atoms with Gasteiger partial charge in [-0.3, -0.25) is 0 Å². The summed E-state index contributed by atoms with van der Waals surface area (Å²) in [7, 11) is 0. The second-order valence-electron chi connectivity index (χ2n) is 4.91. The van der Waals surface area contributed by atoms with E-state index in [4.69, 9.17) is 10.5 Å². The molecule has 1 saturated carbocycles. The molecule has 4 heteroatoms. The Bertz CT molecular complexity index is 381. The number of hydrogen-bond acceptors (Lipinski definition) is 4. The first-order valence-electron chi connectivity index (χ1n) is 6.40. The van der Waals surface area contributed by atoms with E-state index in [1.807, 2.05) is 13.0 Å². The van der Waals surface area contributed by atoms with Crippen LogP contribution in [0.1, 0.15) is 44.0 Å². The molecule has 2 N–H and O–H groups in total. The molecule has 0 bridgehead atoms. The molecule has 0 amide bonds. The molecule has 2 atom stereocenters. The number of nitrogens with two attached hydrogens (primary N) is 1. The predicted octanol–water partition coefficient (Wildman–Crippen LogP) is 2.20. The molecule has 0 aliphatic heterocycles. The third-order valence-electron chi connectivity index (χ3n) is 3.39. The summed E-state index contributed by atoms with van der Waals surface area (Å²) in [5, 5.41) is 0. The lowest BCUT2D eigenvalue weighted by Crippen LogP contribution is -2.29. The smallest absolute Gasteiger partial charge is 0.317 e. The number of aryl methyl sites for hydroxylation is 1. The molecule has 1 aromatic heterocycles. The van der Waals surface area contributed by atoms with Gasteiger partial charge in [0.25, 0.3) is 0 Å². The van der Waals surface area contributed by atoms with Crippen molar-refractivity contribution in [2.75, 3.05) is 0 Å². The molecule has 1 aliphatic rings. The van der Waals surface area contributed by atoms with Gasteiger partial charge in [-0.1, -0.05) is 13.3 Å². The van der Waals surface area contributed by atoms with Gasteiger partial charge in [0.1, 0.15) is 6.10 Å². The molecule has 1 heterocycles. The maximum Gasteiger partial charge on any atom is 0.317 e. The number of ether oxygens (including phenoxy) is 1. The van der Waals surface area contributed by atoms with Gasteiger partial charge in [0.15, 0.2) is 0 Å². The molecule has 94 valence electrons. The highest BCUT2D eigenvalue weighted by Crippen LogP contribution is 2.26. The Labute approximate surface area is 103 Å². The largest absolute Gasteiger partial charge is 0.460 e. The third kappa shape index (κ3) is 3.16. The van der Waals surface area contributed by atoms with Gasteiger partial charge in [-0.2, -0.15) is 4.98 Å². The average Bonchev–Trinajstić information content (AvgIpc) is 2.31. The Morgan fingerprint density at radius 1 is 1.35 bits per heavy atom. The van der Waals surface area contributed by atoms with Crippen molar-refractivity contribution in [1.82, 2.24) is 9.97 Å². The Morgan fingerprint density at radius 3 is 2.82 bits per heavy atom. The summed E-state index contributed by atoms with van der Waals surface area (Å²) in [6.45, 7) is 4.61. The molecule has 4 nitrogen and oxygen atoms in total. The summed E-state index contributed by atoms with van der Waals surface area (Å²) in [6.07, 6.45) is 5.15. The van der Waals surface area contributed by atoms with Crippen LogP contribution in [0.3, 0.4) is 0 Å². The van der Waals surface area contributed by atoms with E-state index in [-0.39, 0.29) is 6.10 Å². The van der Waals surface area contributed by atoms with Crippen LogP contribution in [-0.4, -0.2) is 16.1 Å². The second kappa shape index (κ2) is 5.45.